The maximum atomic E-state index is 5.69. The van der Waals surface area contributed by atoms with Crippen LogP contribution < -0.4 is 4.74 Å². The lowest BCUT2D eigenvalue weighted by molar-refractivity contribution is 0.292. The molecule has 6 heteroatoms. The van der Waals surface area contributed by atoms with Crippen molar-refractivity contribution in [3.05, 3.63) is 64.3 Å². The van der Waals surface area contributed by atoms with Crippen LogP contribution in [-0.4, -0.2) is 19.7 Å². The normalized spacial score (nSPS) is 10.4. The molecule has 0 fully saturated rings. The van der Waals surface area contributed by atoms with E-state index in [0.717, 1.165) is 9.26 Å². The summed E-state index contributed by atoms with van der Waals surface area (Å²) in [4.78, 5) is 8.26. The fourth-order valence-corrected chi connectivity index (χ4v) is 2.32. The molecule has 20 heavy (non-hydrogen) atoms. The van der Waals surface area contributed by atoms with Gasteiger partial charge in [0.2, 0.25) is 5.88 Å². The number of rotatable bonds is 4. The second kappa shape index (κ2) is 6.00. The summed E-state index contributed by atoms with van der Waals surface area (Å²) in [6.07, 6.45) is 4.93. The highest BCUT2D eigenvalue weighted by Crippen LogP contribution is 2.18. The zero-order chi connectivity index (χ0) is 13.8. The number of halogens is 1. The molecule has 2 heterocycles. The van der Waals surface area contributed by atoms with Gasteiger partial charge in [0.15, 0.2) is 5.82 Å². The Labute approximate surface area is 129 Å². The van der Waals surface area contributed by atoms with Crippen molar-refractivity contribution >= 4 is 22.6 Å². The average molecular weight is 378 g/mol. The summed E-state index contributed by atoms with van der Waals surface area (Å²) in [6, 6.07) is 11.9. The largest absolute Gasteiger partial charge is 0.472 e. The van der Waals surface area contributed by atoms with Crippen molar-refractivity contribution in [1.82, 2.24) is 19.7 Å². The number of nitrogens with zero attached hydrogens (tertiary/aromatic N) is 4. The van der Waals surface area contributed by atoms with Gasteiger partial charge >= 0.3 is 0 Å². The predicted octanol–water partition coefficient (Wildman–Crippen LogP) is 2.85. The molecule has 3 aromatic rings. The molecule has 0 bridgehead atoms. The predicted molar refractivity (Wildman–Crippen MR) is 82.6 cm³/mol. The molecule has 0 aliphatic carbocycles. The van der Waals surface area contributed by atoms with Gasteiger partial charge in [0.05, 0.1) is 6.20 Å². The maximum Gasteiger partial charge on any atom is 0.234 e. The molecule has 0 amide bonds. The Morgan fingerprint density at radius 1 is 1.15 bits per heavy atom. The van der Waals surface area contributed by atoms with Crippen LogP contribution in [-0.2, 0) is 6.61 Å². The summed E-state index contributed by atoms with van der Waals surface area (Å²) in [5.74, 6) is 1.25. The Bertz CT molecular complexity index is 685. The summed E-state index contributed by atoms with van der Waals surface area (Å²) >= 11 is 2.19. The van der Waals surface area contributed by atoms with E-state index < -0.39 is 0 Å². The lowest BCUT2D eigenvalue weighted by atomic mass is 10.2. The lowest BCUT2D eigenvalue weighted by Gasteiger charge is -2.02. The molecule has 0 N–H and O–H groups in total. The highest BCUT2D eigenvalue weighted by atomic mass is 127. The van der Waals surface area contributed by atoms with Crippen molar-refractivity contribution in [3.8, 4) is 11.7 Å². The smallest absolute Gasteiger partial charge is 0.234 e. The highest BCUT2D eigenvalue weighted by molar-refractivity contribution is 14.1. The molecule has 0 atom stereocenters. The van der Waals surface area contributed by atoms with E-state index in [1.807, 2.05) is 36.4 Å². The van der Waals surface area contributed by atoms with Crippen LogP contribution in [0.1, 0.15) is 5.56 Å². The van der Waals surface area contributed by atoms with Crippen molar-refractivity contribution in [2.75, 3.05) is 0 Å². The van der Waals surface area contributed by atoms with Crippen molar-refractivity contribution in [2.24, 2.45) is 0 Å². The van der Waals surface area contributed by atoms with E-state index in [1.165, 1.54) is 0 Å². The SMILES string of the molecule is Ic1cc(OCc2ccccc2)nn1-c1cnccn1. The van der Waals surface area contributed by atoms with Gasteiger partial charge in [0.1, 0.15) is 10.3 Å². The molecule has 0 spiro atoms. The van der Waals surface area contributed by atoms with Gasteiger partial charge in [0.25, 0.3) is 0 Å². The highest BCUT2D eigenvalue weighted by Gasteiger charge is 2.09. The molecule has 100 valence electrons. The zero-order valence-electron chi connectivity index (χ0n) is 10.5. The molecule has 5 nitrogen and oxygen atoms in total. The first-order chi connectivity index (χ1) is 9.83. The summed E-state index contributed by atoms with van der Waals surface area (Å²) in [6.45, 7) is 0.494. The van der Waals surface area contributed by atoms with Gasteiger partial charge in [-0.1, -0.05) is 30.3 Å². The van der Waals surface area contributed by atoms with Gasteiger partial charge in [-0.05, 0) is 28.2 Å². The monoisotopic (exact) mass is 378 g/mol. The molecule has 2 aromatic heterocycles. The molecule has 0 radical (unpaired) electrons. The first-order valence-electron chi connectivity index (χ1n) is 6.01. The van der Waals surface area contributed by atoms with Crippen molar-refractivity contribution in [2.45, 2.75) is 6.61 Å². The van der Waals surface area contributed by atoms with E-state index >= 15 is 0 Å². The Morgan fingerprint density at radius 2 is 2.00 bits per heavy atom. The van der Waals surface area contributed by atoms with Crippen LogP contribution >= 0.6 is 22.6 Å². The standard InChI is InChI=1S/C14H11IN4O/c15-12-8-14(20-10-11-4-2-1-3-5-11)18-19(12)13-9-16-6-7-17-13/h1-9H,10H2. The number of benzene rings is 1. The second-order valence-corrected chi connectivity index (χ2v) is 5.16. The van der Waals surface area contributed by atoms with Gasteiger partial charge in [-0.3, -0.25) is 4.98 Å². The van der Waals surface area contributed by atoms with E-state index in [-0.39, 0.29) is 0 Å². The number of hydrogen-bond acceptors (Lipinski definition) is 4. The first-order valence-corrected chi connectivity index (χ1v) is 7.09. The van der Waals surface area contributed by atoms with E-state index in [1.54, 1.807) is 23.3 Å². The summed E-state index contributed by atoms with van der Waals surface area (Å²) in [7, 11) is 0. The topological polar surface area (TPSA) is 52.8 Å². The van der Waals surface area contributed by atoms with Crippen LogP contribution in [0.5, 0.6) is 5.88 Å². The van der Waals surface area contributed by atoms with Gasteiger partial charge in [0, 0.05) is 18.5 Å². The minimum Gasteiger partial charge on any atom is -0.472 e. The second-order valence-electron chi connectivity index (χ2n) is 4.05. The van der Waals surface area contributed by atoms with Crippen molar-refractivity contribution in [1.29, 1.82) is 0 Å². The maximum absolute atomic E-state index is 5.69. The van der Waals surface area contributed by atoms with Crippen LogP contribution in [0.15, 0.2) is 55.0 Å². The number of ether oxygens (including phenoxy) is 1. The molecule has 0 aliphatic heterocycles. The van der Waals surface area contributed by atoms with Gasteiger partial charge < -0.3 is 4.74 Å². The Balaban J connectivity index is 1.76. The fraction of sp³-hybridized carbons (Fsp3) is 0.0714. The molecule has 0 unspecified atom stereocenters. The van der Waals surface area contributed by atoms with Gasteiger partial charge in [-0.25, -0.2) is 9.67 Å². The van der Waals surface area contributed by atoms with Gasteiger partial charge in [-0.15, -0.1) is 5.10 Å². The van der Waals surface area contributed by atoms with E-state index in [0.29, 0.717) is 18.3 Å². The average Bonchev–Trinajstić information content (AvgIpc) is 2.88. The van der Waals surface area contributed by atoms with E-state index in [9.17, 15) is 0 Å². The Morgan fingerprint density at radius 3 is 2.75 bits per heavy atom. The van der Waals surface area contributed by atoms with Crippen LogP contribution in [0.4, 0.5) is 0 Å². The van der Waals surface area contributed by atoms with Crippen LogP contribution in [0.2, 0.25) is 0 Å². The molecule has 0 saturated carbocycles. The minimum absolute atomic E-state index is 0.494. The summed E-state index contributed by atoms with van der Waals surface area (Å²) in [5, 5.41) is 4.38. The lowest BCUT2D eigenvalue weighted by Crippen LogP contribution is -2.02. The number of aromatic nitrogens is 4. The summed E-state index contributed by atoms with van der Waals surface area (Å²) < 4.78 is 8.31. The molecular weight excluding hydrogens is 367 g/mol. The first kappa shape index (κ1) is 13.0. The van der Waals surface area contributed by atoms with Crippen LogP contribution in [0, 0.1) is 3.70 Å². The van der Waals surface area contributed by atoms with Crippen LogP contribution in [0.3, 0.4) is 0 Å². The van der Waals surface area contributed by atoms with Gasteiger partial charge in [-0.2, -0.15) is 0 Å². The van der Waals surface area contributed by atoms with Crippen molar-refractivity contribution < 1.29 is 4.74 Å². The zero-order valence-corrected chi connectivity index (χ0v) is 12.6. The fourth-order valence-electron chi connectivity index (χ4n) is 1.70. The third-order valence-corrected chi connectivity index (χ3v) is 3.41. The molecular formula is C14H11IN4O. The third kappa shape index (κ3) is 2.96. The van der Waals surface area contributed by atoms with Crippen LogP contribution in [0.25, 0.3) is 5.82 Å². The molecule has 3 rings (SSSR count). The molecule has 1 aromatic carbocycles. The van der Waals surface area contributed by atoms with E-state index in [4.69, 9.17) is 4.74 Å². The summed E-state index contributed by atoms with van der Waals surface area (Å²) in [5.41, 5.74) is 1.11. The number of hydrogen-bond donors (Lipinski definition) is 0. The molecule has 0 aliphatic rings. The molecule has 0 saturated heterocycles. The van der Waals surface area contributed by atoms with Crippen molar-refractivity contribution in [3.63, 3.8) is 0 Å². The quantitative estimate of drug-likeness (QED) is 0.656. The Hall–Kier alpha value is -1.96. The minimum atomic E-state index is 0.494. The Kier molecular flexibility index (Phi) is 3.91. The third-order valence-electron chi connectivity index (χ3n) is 2.64. The van der Waals surface area contributed by atoms with E-state index in [2.05, 4.69) is 37.7 Å².